The molecular weight excluding hydrogens is 308 g/mol. The van der Waals surface area contributed by atoms with Crippen molar-refractivity contribution < 1.29 is 24.4 Å². The second-order valence-electron chi connectivity index (χ2n) is 4.23. The summed E-state index contributed by atoms with van der Waals surface area (Å²) >= 11 is 0. The minimum atomic E-state index is -1.15. The number of nitro groups is 1. The van der Waals surface area contributed by atoms with Crippen LogP contribution in [0, 0.1) is 10.1 Å². The van der Waals surface area contributed by atoms with Crippen LogP contribution in [0.15, 0.2) is 24.3 Å². The molecule has 0 bridgehead atoms. The number of ether oxygens (including phenoxy) is 1. The minimum Gasteiger partial charge on any atom is -0.494 e. The van der Waals surface area contributed by atoms with Gasteiger partial charge in [-0.2, -0.15) is 0 Å². The van der Waals surface area contributed by atoms with Crippen LogP contribution >= 0.6 is 0 Å². The SMILES string of the molecule is COc1cc(C(N)=O)cc([N+](=O)[O-])c1NCC=CCNC(=O)O. The first-order valence-corrected chi connectivity index (χ1v) is 6.38. The van der Waals surface area contributed by atoms with Crippen molar-refractivity contribution in [2.24, 2.45) is 5.73 Å². The second-order valence-corrected chi connectivity index (χ2v) is 4.23. The van der Waals surface area contributed by atoms with E-state index in [1.807, 2.05) is 0 Å². The van der Waals surface area contributed by atoms with Gasteiger partial charge in [0.15, 0.2) is 5.69 Å². The van der Waals surface area contributed by atoms with Crippen molar-refractivity contribution in [3.05, 3.63) is 40.0 Å². The van der Waals surface area contributed by atoms with E-state index in [9.17, 15) is 19.7 Å². The number of nitrogens with zero attached hydrogens (tertiary/aromatic N) is 1. The van der Waals surface area contributed by atoms with Gasteiger partial charge < -0.3 is 26.2 Å². The molecule has 0 aliphatic heterocycles. The number of nitro benzene ring substituents is 1. The van der Waals surface area contributed by atoms with Crippen LogP contribution < -0.4 is 21.1 Å². The summed E-state index contributed by atoms with van der Waals surface area (Å²) in [5.74, 6) is -0.706. The van der Waals surface area contributed by atoms with E-state index < -0.39 is 16.9 Å². The highest BCUT2D eigenvalue weighted by Crippen LogP contribution is 2.35. The lowest BCUT2D eigenvalue weighted by Gasteiger charge is -2.11. The van der Waals surface area contributed by atoms with Crippen LogP contribution in [0.2, 0.25) is 0 Å². The van der Waals surface area contributed by atoms with E-state index >= 15 is 0 Å². The molecule has 0 saturated carbocycles. The lowest BCUT2D eigenvalue weighted by atomic mass is 10.1. The number of carbonyl (C=O) groups is 2. The fourth-order valence-electron chi connectivity index (χ4n) is 1.70. The van der Waals surface area contributed by atoms with E-state index in [0.717, 1.165) is 6.07 Å². The van der Waals surface area contributed by atoms with Gasteiger partial charge in [-0.3, -0.25) is 14.9 Å². The molecule has 5 N–H and O–H groups in total. The van der Waals surface area contributed by atoms with Gasteiger partial charge >= 0.3 is 6.09 Å². The fourth-order valence-corrected chi connectivity index (χ4v) is 1.70. The molecule has 0 unspecified atom stereocenters. The Kier molecular flexibility index (Phi) is 6.34. The summed E-state index contributed by atoms with van der Waals surface area (Å²) in [5, 5.41) is 24.5. The number of anilines is 1. The molecule has 0 aliphatic carbocycles. The number of carbonyl (C=O) groups excluding carboxylic acids is 1. The van der Waals surface area contributed by atoms with Crippen molar-refractivity contribution in [3.8, 4) is 5.75 Å². The molecule has 0 spiro atoms. The van der Waals surface area contributed by atoms with Crippen molar-refractivity contribution >= 4 is 23.4 Å². The van der Waals surface area contributed by atoms with Crippen LogP contribution in [0.5, 0.6) is 5.75 Å². The van der Waals surface area contributed by atoms with Crippen LogP contribution in [0.3, 0.4) is 0 Å². The first-order chi connectivity index (χ1) is 10.9. The van der Waals surface area contributed by atoms with Gasteiger partial charge in [0, 0.05) is 24.7 Å². The molecule has 0 heterocycles. The van der Waals surface area contributed by atoms with E-state index in [4.69, 9.17) is 15.6 Å². The van der Waals surface area contributed by atoms with Gasteiger partial charge in [-0.1, -0.05) is 12.2 Å². The normalized spacial score (nSPS) is 10.3. The van der Waals surface area contributed by atoms with Gasteiger partial charge in [-0.15, -0.1) is 0 Å². The van der Waals surface area contributed by atoms with Crippen molar-refractivity contribution in [1.29, 1.82) is 0 Å². The van der Waals surface area contributed by atoms with E-state index in [0.29, 0.717) is 0 Å². The Bertz CT molecular complexity index is 644. The summed E-state index contributed by atoms with van der Waals surface area (Å²) in [5.41, 5.74) is 4.83. The average Bonchev–Trinajstić information content (AvgIpc) is 2.49. The van der Waals surface area contributed by atoms with Gasteiger partial charge in [0.05, 0.1) is 12.0 Å². The maximum absolute atomic E-state index is 11.2. The number of benzene rings is 1. The lowest BCUT2D eigenvalue weighted by Crippen LogP contribution is -2.20. The topological polar surface area (TPSA) is 157 Å². The molecule has 10 nitrogen and oxygen atoms in total. The van der Waals surface area contributed by atoms with Crippen LogP contribution in [0.1, 0.15) is 10.4 Å². The zero-order valence-electron chi connectivity index (χ0n) is 12.2. The third kappa shape index (κ3) is 5.19. The monoisotopic (exact) mass is 324 g/mol. The number of hydrogen-bond donors (Lipinski definition) is 4. The maximum atomic E-state index is 11.2. The largest absolute Gasteiger partial charge is 0.494 e. The number of primary amides is 1. The third-order valence-electron chi connectivity index (χ3n) is 2.72. The zero-order chi connectivity index (χ0) is 17.4. The molecule has 124 valence electrons. The predicted octanol–water partition coefficient (Wildman–Crippen LogP) is 0.938. The molecule has 0 fully saturated rings. The van der Waals surface area contributed by atoms with Gasteiger partial charge in [-0.25, -0.2) is 4.79 Å². The van der Waals surface area contributed by atoms with Crippen LogP contribution in [-0.2, 0) is 0 Å². The average molecular weight is 324 g/mol. The highest BCUT2D eigenvalue weighted by Gasteiger charge is 2.21. The summed E-state index contributed by atoms with van der Waals surface area (Å²) in [6.07, 6.45) is 1.97. The fraction of sp³-hybridized carbons (Fsp3) is 0.231. The van der Waals surface area contributed by atoms with Crippen molar-refractivity contribution in [1.82, 2.24) is 5.32 Å². The Morgan fingerprint density at radius 3 is 2.57 bits per heavy atom. The number of hydrogen-bond acceptors (Lipinski definition) is 6. The van der Waals surface area contributed by atoms with Crippen molar-refractivity contribution in [2.75, 3.05) is 25.5 Å². The standard InChI is InChI=1S/C13H16N4O6/c1-23-10-7-8(12(14)18)6-9(17(21)22)11(10)15-4-2-3-5-16-13(19)20/h2-3,6-7,15-16H,4-5H2,1H3,(H2,14,18)(H,19,20). The molecule has 0 aromatic heterocycles. The molecule has 2 amide bonds. The highest BCUT2D eigenvalue weighted by molar-refractivity contribution is 5.95. The Balaban J connectivity index is 2.93. The van der Waals surface area contributed by atoms with Gasteiger partial charge in [0.1, 0.15) is 5.75 Å². The lowest BCUT2D eigenvalue weighted by molar-refractivity contribution is -0.384. The molecule has 10 heteroatoms. The highest BCUT2D eigenvalue weighted by atomic mass is 16.6. The Hall–Kier alpha value is -3.30. The van der Waals surface area contributed by atoms with Gasteiger partial charge in [0.25, 0.3) is 5.69 Å². The molecule has 0 aliphatic rings. The minimum absolute atomic E-state index is 0.0414. The molecule has 0 atom stereocenters. The first-order valence-electron chi connectivity index (χ1n) is 6.38. The van der Waals surface area contributed by atoms with Gasteiger partial charge in [-0.05, 0) is 6.07 Å². The smallest absolute Gasteiger partial charge is 0.404 e. The Morgan fingerprint density at radius 1 is 1.39 bits per heavy atom. The summed E-state index contributed by atoms with van der Waals surface area (Å²) in [7, 11) is 1.31. The Labute approximate surface area is 131 Å². The van der Waals surface area contributed by atoms with E-state index in [-0.39, 0.29) is 35.8 Å². The zero-order valence-corrected chi connectivity index (χ0v) is 12.2. The maximum Gasteiger partial charge on any atom is 0.404 e. The molecule has 0 saturated heterocycles. The van der Waals surface area contributed by atoms with Crippen molar-refractivity contribution in [2.45, 2.75) is 0 Å². The summed E-state index contributed by atoms with van der Waals surface area (Å²) in [4.78, 5) is 31.9. The van der Waals surface area contributed by atoms with Crippen molar-refractivity contribution in [3.63, 3.8) is 0 Å². The van der Waals surface area contributed by atoms with Crippen LogP contribution in [0.25, 0.3) is 0 Å². The molecule has 23 heavy (non-hydrogen) atoms. The number of amides is 2. The molecule has 1 aromatic carbocycles. The van der Waals surface area contributed by atoms with E-state index in [1.165, 1.54) is 19.3 Å². The summed E-state index contributed by atoms with van der Waals surface area (Å²) < 4.78 is 5.05. The third-order valence-corrected chi connectivity index (χ3v) is 2.72. The second kappa shape index (κ2) is 8.22. The number of carboxylic acid groups (broad SMARTS) is 1. The van der Waals surface area contributed by atoms with E-state index in [1.54, 1.807) is 6.08 Å². The number of nitrogens with one attached hydrogen (secondary N) is 2. The van der Waals surface area contributed by atoms with E-state index in [2.05, 4.69) is 10.6 Å². The summed E-state index contributed by atoms with van der Waals surface area (Å²) in [6, 6.07) is 2.36. The van der Waals surface area contributed by atoms with Crippen LogP contribution in [0.4, 0.5) is 16.2 Å². The molecular formula is C13H16N4O6. The molecule has 0 radical (unpaired) electrons. The molecule has 1 aromatic rings. The van der Waals surface area contributed by atoms with Gasteiger partial charge in [0.2, 0.25) is 5.91 Å². The predicted molar refractivity (Wildman–Crippen MR) is 81.8 cm³/mol. The number of nitrogens with two attached hydrogens (primary N) is 1. The summed E-state index contributed by atoms with van der Waals surface area (Å²) in [6.45, 7) is 0.297. The molecule has 1 rings (SSSR count). The Morgan fingerprint density at radius 2 is 2.04 bits per heavy atom. The van der Waals surface area contributed by atoms with Crippen LogP contribution in [-0.4, -0.2) is 42.2 Å². The number of rotatable bonds is 8. The number of methoxy groups -OCH3 is 1. The quantitative estimate of drug-likeness (QED) is 0.315. The first kappa shape index (κ1) is 17.8.